The maximum absolute atomic E-state index is 5.42. The molecule has 0 saturated carbocycles. The molecule has 2 aromatic heterocycles. The van der Waals surface area contributed by atoms with Crippen LogP contribution in [0.25, 0.3) is 5.95 Å². The fraction of sp³-hybridized carbons (Fsp3) is 0.583. The Morgan fingerprint density at radius 2 is 2.33 bits per heavy atom. The molecule has 1 aliphatic rings. The Balaban J connectivity index is 1.94. The van der Waals surface area contributed by atoms with Gasteiger partial charge in [0.1, 0.15) is 12.7 Å². The summed E-state index contributed by atoms with van der Waals surface area (Å²) in [7, 11) is 1.97. The van der Waals surface area contributed by atoms with Crippen molar-refractivity contribution in [2.45, 2.75) is 19.4 Å². The van der Waals surface area contributed by atoms with E-state index < -0.39 is 0 Å². The maximum atomic E-state index is 5.42. The molecule has 2 aromatic rings. The van der Waals surface area contributed by atoms with Crippen LogP contribution in [0.1, 0.15) is 13.3 Å². The first kappa shape index (κ1) is 13.7. The highest BCUT2D eigenvalue weighted by molar-refractivity contribution is 5.40. The molecule has 3 heterocycles. The molecule has 0 bridgehead atoms. The Bertz CT molecular complexity index is 581. The number of anilines is 2. The zero-order valence-electron chi connectivity index (χ0n) is 12.1. The van der Waals surface area contributed by atoms with Gasteiger partial charge < -0.3 is 15.0 Å². The second kappa shape index (κ2) is 6.00. The third kappa shape index (κ3) is 2.92. The van der Waals surface area contributed by atoms with Crippen LogP contribution in [0.5, 0.6) is 0 Å². The summed E-state index contributed by atoms with van der Waals surface area (Å²) >= 11 is 0. The molecule has 1 aliphatic heterocycles. The van der Waals surface area contributed by atoms with E-state index in [2.05, 4.69) is 30.4 Å². The lowest BCUT2D eigenvalue weighted by Crippen LogP contribution is -2.33. The first-order chi connectivity index (χ1) is 10.3. The van der Waals surface area contributed by atoms with Crippen molar-refractivity contribution in [1.29, 1.82) is 0 Å². The van der Waals surface area contributed by atoms with Gasteiger partial charge in [-0.05, 0) is 13.3 Å². The number of likely N-dealkylation sites (N-methyl/N-ethyl adjacent to an activating group) is 1. The van der Waals surface area contributed by atoms with Crippen molar-refractivity contribution in [2.24, 2.45) is 0 Å². The number of hydrogen-bond acceptors (Lipinski definition) is 8. The first-order valence-corrected chi connectivity index (χ1v) is 6.93. The monoisotopic (exact) mass is 290 g/mol. The van der Waals surface area contributed by atoms with Crippen LogP contribution in [0, 0.1) is 0 Å². The fourth-order valence-corrected chi connectivity index (χ4v) is 2.15. The summed E-state index contributed by atoms with van der Waals surface area (Å²) in [6.07, 6.45) is 3.98. The van der Waals surface area contributed by atoms with E-state index in [9.17, 15) is 0 Å². The average Bonchev–Trinajstić information content (AvgIpc) is 3.19. The minimum atomic E-state index is 0.283. The lowest BCUT2D eigenvalue weighted by Gasteiger charge is -2.23. The van der Waals surface area contributed by atoms with Crippen molar-refractivity contribution >= 4 is 11.9 Å². The summed E-state index contributed by atoms with van der Waals surface area (Å²) in [5, 5.41) is 7.18. The number of rotatable bonds is 5. The molecule has 21 heavy (non-hydrogen) atoms. The van der Waals surface area contributed by atoms with Crippen molar-refractivity contribution in [3.8, 4) is 5.95 Å². The van der Waals surface area contributed by atoms with Crippen LogP contribution in [-0.2, 0) is 4.74 Å². The number of ether oxygens (including phenoxy) is 1. The summed E-state index contributed by atoms with van der Waals surface area (Å²) in [6, 6.07) is 0.283. The summed E-state index contributed by atoms with van der Waals surface area (Å²) < 4.78 is 6.94. The average molecular weight is 290 g/mol. The smallest absolute Gasteiger partial charge is 0.258 e. The molecule has 0 spiro atoms. The van der Waals surface area contributed by atoms with Gasteiger partial charge in [0.2, 0.25) is 11.9 Å². The van der Waals surface area contributed by atoms with E-state index in [4.69, 9.17) is 4.74 Å². The fourth-order valence-electron chi connectivity index (χ4n) is 2.15. The number of aromatic nitrogens is 6. The Morgan fingerprint density at radius 1 is 1.43 bits per heavy atom. The molecule has 1 unspecified atom stereocenters. The summed E-state index contributed by atoms with van der Waals surface area (Å²) in [4.78, 5) is 19.2. The second-order valence-corrected chi connectivity index (χ2v) is 4.76. The predicted molar refractivity (Wildman–Crippen MR) is 76.5 cm³/mol. The minimum Gasteiger partial charge on any atom is -0.379 e. The molecule has 0 aliphatic carbocycles. The van der Waals surface area contributed by atoms with E-state index in [1.165, 1.54) is 11.0 Å². The largest absolute Gasteiger partial charge is 0.379 e. The van der Waals surface area contributed by atoms with Crippen molar-refractivity contribution in [3.63, 3.8) is 0 Å². The van der Waals surface area contributed by atoms with Crippen LogP contribution in [0.2, 0.25) is 0 Å². The summed E-state index contributed by atoms with van der Waals surface area (Å²) in [6.45, 7) is 4.19. The Morgan fingerprint density at radius 3 is 3.00 bits per heavy atom. The highest BCUT2D eigenvalue weighted by Crippen LogP contribution is 2.18. The highest BCUT2D eigenvalue weighted by Gasteiger charge is 2.23. The maximum Gasteiger partial charge on any atom is 0.258 e. The third-order valence-electron chi connectivity index (χ3n) is 3.34. The molecular weight excluding hydrogens is 272 g/mol. The first-order valence-electron chi connectivity index (χ1n) is 6.93. The van der Waals surface area contributed by atoms with Gasteiger partial charge in [0.15, 0.2) is 0 Å². The van der Waals surface area contributed by atoms with E-state index in [1.807, 2.05) is 18.9 Å². The lowest BCUT2D eigenvalue weighted by atomic mass is 10.2. The second-order valence-electron chi connectivity index (χ2n) is 4.76. The molecular formula is C12H18N8O. The highest BCUT2D eigenvalue weighted by atomic mass is 16.5. The van der Waals surface area contributed by atoms with Crippen LogP contribution in [0.4, 0.5) is 11.9 Å². The molecule has 9 heteroatoms. The van der Waals surface area contributed by atoms with Gasteiger partial charge in [-0.1, -0.05) is 0 Å². The molecule has 112 valence electrons. The van der Waals surface area contributed by atoms with Crippen LogP contribution in [-0.4, -0.2) is 62.6 Å². The van der Waals surface area contributed by atoms with Crippen LogP contribution < -0.4 is 10.2 Å². The zero-order chi connectivity index (χ0) is 14.7. The van der Waals surface area contributed by atoms with Crippen LogP contribution in [0.15, 0.2) is 12.7 Å². The Kier molecular flexibility index (Phi) is 3.91. The van der Waals surface area contributed by atoms with Gasteiger partial charge in [-0.2, -0.15) is 24.7 Å². The Hall–Kier alpha value is -2.29. The van der Waals surface area contributed by atoms with E-state index in [-0.39, 0.29) is 6.04 Å². The van der Waals surface area contributed by atoms with Gasteiger partial charge in [0.05, 0.1) is 12.6 Å². The van der Waals surface area contributed by atoms with Crippen molar-refractivity contribution < 1.29 is 4.74 Å². The van der Waals surface area contributed by atoms with Crippen molar-refractivity contribution in [1.82, 2.24) is 29.7 Å². The predicted octanol–water partition coefficient (Wildman–Crippen LogP) is 0.109. The normalized spacial score (nSPS) is 17.9. The molecule has 3 rings (SSSR count). The van der Waals surface area contributed by atoms with E-state index in [1.54, 1.807) is 6.33 Å². The quantitative estimate of drug-likeness (QED) is 0.829. The van der Waals surface area contributed by atoms with Gasteiger partial charge in [0.25, 0.3) is 5.95 Å². The number of nitrogens with zero attached hydrogens (tertiary/aromatic N) is 7. The van der Waals surface area contributed by atoms with Crippen LogP contribution in [0.3, 0.4) is 0 Å². The number of hydrogen-bond donors (Lipinski definition) is 1. The lowest BCUT2D eigenvalue weighted by molar-refractivity contribution is 0.193. The molecule has 1 saturated heterocycles. The summed E-state index contributed by atoms with van der Waals surface area (Å²) in [5.74, 6) is 1.57. The van der Waals surface area contributed by atoms with Gasteiger partial charge >= 0.3 is 0 Å². The van der Waals surface area contributed by atoms with E-state index in [0.717, 1.165) is 19.6 Å². The van der Waals surface area contributed by atoms with Gasteiger partial charge in [-0.15, -0.1) is 0 Å². The zero-order valence-corrected chi connectivity index (χ0v) is 12.1. The van der Waals surface area contributed by atoms with Crippen molar-refractivity contribution in [3.05, 3.63) is 12.7 Å². The summed E-state index contributed by atoms with van der Waals surface area (Å²) in [5.41, 5.74) is 0. The molecule has 0 radical (unpaired) electrons. The van der Waals surface area contributed by atoms with Crippen LogP contribution >= 0.6 is 0 Å². The molecule has 1 fully saturated rings. The minimum absolute atomic E-state index is 0.283. The van der Waals surface area contributed by atoms with Gasteiger partial charge in [-0.3, -0.25) is 0 Å². The van der Waals surface area contributed by atoms with Crippen molar-refractivity contribution in [2.75, 3.05) is 37.0 Å². The molecule has 1 atom stereocenters. The molecule has 1 N–H and O–H groups in total. The molecule has 9 nitrogen and oxygen atoms in total. The standard InChI is InChI=1S/C12H18N8O/c1-3-14-10-16-11(19(2)9-4-5-21-6-9)18-12(17-10)20-8-13-7-15-20/h7-9H,3-6H2,1-2H3,(H,14,16,17,18). The molecule has 0 aromatic carbocycles. The van der Waals surface area contributed by atoms with E-state index in [0.29, 0.717) is 24.5 Å². The third-order valence-corrected chi connectivity index (χ3v) is 3.34. The topological polar surface area (TPSA) is 93.9 Å². The molecule has 0 amide bonds. The van der Waals surface area contributed by atoms with Gasteiger partial charge in [0, 0.05) is 20.2 Å². The van der Waals surface area contributed by atoms with Gasteiger partial charge in [-0.25, -0.2) is 4.98 Å². The van der Waals surface area contributed by atoms with E-state index >= 15 is 0 Å². The Labute approximate surface area is 122 Å². The SMILES string of the molecule is CCNc1nc(N(C)C2CCOC2)nc(-n2cncn2)n1. The number of nitrogens with one attached hydrogen (secondary N) is 1.